The second-order valence-electron chi connectivity index (χ2n) is 4.89. The van der Waals surface area contributed by atoms with Crippen molar-refractivity contribution in [1.82, 2.24) is 0 Å². The number of carbonyl (C=O) groups excluding carboxylic acids is 1. The summed E-state index contributed by atoms with van der Waals surface area (Å²) in [5.74, 6) is 0.223. The molecule has 1 aromatic heterocycles. The van der Waals surface area contributed by atoms with Gasteiger partial charge in [0.1, 0.15) is 17.6 Å². The molecule has 0 saturated heterocycles. The van der Waals surface area contributed by atoms with Crippen molar-refractivity contribution >= 4 is 22.4 Å². The smallest absolute Gasteiger partial charge is 0.251 e. The van der Waals surface area contributed by atoms with Crippen molar-refractivity contribution in [3.05, 3.63) is 72.3 Å². The molecule has 0 amide bonds. The Morgan fingerprint density at radius 3 is 2.58 bits per heavy atom. The van der Waals surface area contributed by atoms with Crippen LogP contribution in [0.15, 0.2) is 81.2 Å². The highest BCUT2D eigenvalue weighted by molar-refractivity contribution is 6.08. The number of aliphatic hydroxyl groups excluding tert-OH is 1. The number of methoxy groups -OCH3 is 1. The molecule has 0 aliphatic heterocycles. The summed E-state index contributed by atoms with van der Waals surface area (Å²) in [6, 6.07) is 15.7. The van der Waals surface area contributed by atoms with E-state index >= 15 is 0 Å². The van der Waals surface area contributed by atoms with Crippen molar-refractivity contribution in [2.75, 3.05) is 7.11 Å². The normalized spacial score (nSPS) is 12.0. The maximum absolute atomic E-state index is 12.4. The number of furan rings is 1. The molecule has 0 atom stereocenters. The molecule has 1 heterocycles. The number of ether oxygens (including phenoxy) is 1. The quantitative estimate of drug-likeness (QED) is 0.316. The van der Waals surface area contributed by atoms with E-state index in [1.54, 1.807) is 43.5 Å². The molecule has 6 nitrogen and oxygen atoms in total. The first-order valence-electron chi connectivity index (χ1n) is 7.14. The van der Waals surface area contributed by atoms with E-state index in [-0.39, 0.29) is 11.5 Å². The monoisotopic (exact) mass is 322 g/mol. The molecule has 0 saturated carbocycles. The van der Waals surface area contributed by atoms with E-state index in [1.807, 2.05) is 18.2 Å². The van der Waals surface area contributed by atoms with Crippen LogP contribution in [0.3, 0.4) is 0 Å². The standard InChI is InChI=1S/C18H14N2O4/c1-23-14-8-6-13(7-9-14)19-20-15(11-21)18(22)17-10-12-4-2-3-5-16(12)24-17/h2-11,21H,1H3/b15-11+,20-19?. The number of ketones is 1. The third-order valence-corrected chi connectivity index (χ3v) is 3.35. The predicted octanol–water partition coefficient (Wildman–Crippen LogP) is 4.81. The van der Waals surface area contributed by atoms with Crippen molar-refractivity contribution in [3.8, 4) is 5.75 Å². The highest BCUT2D eigenvalue weighted by atomic mass is 16.5. The first-order valence-corrected chi connectivity index (χ1v) is 7.14. The van der Waals surface area contributed by atoms with E-state index < -0.39 is 5.78 Å². The van der Waals surface area contributed by atoms with Gasteiger partial charge in [0.05, 0.1) is 12.8 Å². The van der Waals surface area contributed by atoms with Crippen molar-refractivity contribution in [1.29, 1.82) is 0 Å². The minimum Gasteiger partial charge on any atom is -0.513 e. The first-order chi connectivity index (χ1) is 11.7. The molecule has 0 bridgehead atoms. The van der Waals surface area contributed by atoms with Crippen LogP contribution >= 0.6 is 0 Å². The number of carbonyl (C=O) groups is 1. The summed E-state index contributed by atoms with van der Waals surface area (Å²) in [6.07, 6.45) is 0.614. The van der Waals surface area contributed by atoms with Gasteiger partial charge in [-0.2, -0.15) is 5.11 Å². The van der Waals surface area contributed by atoms with Crippen LogP contribution in [0.5, 0.6) is 5.75 Å². The molecule has 0 spiro atoms. The van der Waals surface area contributed by atoms with E-state index in [2.05, 4.69) is 10.2 Å². The van der Waals surface area contributed by atoms with Gasteiger partial charge in [0.25, 0.3) is 5.78 Å². The van der Waals surface area contributed by atoms with Crippen molar-refractivity contribution < 1.29 is 19.1 Å². The average molecular weight is 322 g/mol. The molecular formula is C18H14N2O4. The molecule has 0 unspecified atom stereocenters. The number of fused-ring (bicyclic) bond motifs is 1. The number of hydrogen-bond acceptors (Lipinski definition) is 6. The third-order valence-electron chi connectivity index (χ3n) is 3.35. The second-order valence-corrected chi connectivity index (χ2v) is 4.89. The van der Waals surface area contributed by atoms with Crippen molar-refractivity contribution in [2.45, 2.75) is 0 Å². The molecule has 1 N–H and O–H groups in total. The lowest BCUT2D eigenvalue weighted by molar-refractivity contribution is 0.100. The molecule has 0 fully saturated rings. The summed E-state index contributed by atoms with van der Waals surface area (Å²) in [5, 5.41) is 17.8. The Hall–Kier alpha value is -3.41. The Balaban J connectivity index is 1.82. The molecular weight excluding hydrogens is 308 g/mol. The Labute approximate surface area is 137 Å². The van der Waals surface area contributed by atoms with Gasteiger partial charge >= 0.3 is 0 Å². The summed E-state index contributed by atoms with van der Waals surface area (Å²) in [4.78, 5) is 12.4. The van der Waals surface area contributed by atoms with Gasteiger partial charge < -0.3 is 14.3 Å². The molecule has 3 aromatic rings. The molecule has 0 radical (unpaired) electrons. The van der Waals surface area contributed by atoms with E-state index in [9.17, 15) is 9.90 Å². The van der Waals surface area contributed by atoms with Crippen LogP contribution in [0.4, 0.5) is 5.69 Å². The van der Waals surface area contributed by atoms with E-state index in [4.69, 9.17) is 9.15 Å². The minimum absolute atomic E-state index is 0.0881. The number of rotatable bonds is 5. The second kappa shape index (κ2) is 6.78. The summed E-state index contributed by atoms with van der Waals surface area (Å²) in [6.45, 7) is 0. The fourth-order valence-electron chi connectivity index (χ4n) is 2.11. The predicted molar refractivity (Wildman–Crippen MR) is 88.8 cm³/mol. The lowest BCUT2D eigenvalue weighted by Gasteiger charge is -1.99. The van der Waals surface area contributed by atoms with Gasteiger partial charge in [-0.3, -0.25) is 4.79 Å². The molecule has 0 aliphatic rings. The van der Waals surface area contributed by atoms with Gasteiger partial charge in [-0.25, -0.2) is 0 Å². The van der Waals surface area contributed by atoms with Crippen LogP contribution in [0, 0.1) is 0 Å². The third kappa shape index (κ3) is 3.17. The number of aliphatic hydroxyl groups is 1. The fourth-order valence-corrected chi connectivity index (χ4v) is 2.11. The highest BCUT2D eigenvalue weighted by Gasteiger charge is 2.17. The maximum Gasteiger partial charge on any atom is 0.251 e. The van der Waals surface area contributed by atoms with E-state index in [0.717, 1.165) is 5.39 Å². The zero-order valence-electron chi connectivity index (χ0n) is 12.8. The van der Waals surface area contributed by atoms with Gasteiger partial charge in [-0.05, 0) is 36.4 Å². The molecule has 0 aliphatic carbocycles. The summed E-state index contributed by atoms with van der Waals surface area (Å²) < 4.78 is 10.5. The van der Waals surface area contributed by atoms with Gasteiger partial charge in [0.15, 0.2) is 11.5 Å². The first kappa shape index (κ1) is 15.5. The highest BCUT2D eigenvalue weighted by Crippen LogP contribution is 2.23. The molecule has 2 aromatic carbocycles. The van der Waals surface area contributed by atoms with Crippen LogP contribution in [-0.2, 0) is 0 Å². The van der Waals surface area contributed by atoms with Crippen LogP contribution in [-0.4, -0.2) is 18.0 Å². The Morgan fingerprint density at radius 2 is 1.92 bits per heavy atom. The largest absolute Gasteiger partial charge is 0.513 e. The maximum atomic E-state index is 12.4. The molecule has 24 heavy (non-hydrogen) atoms. The number of hydrogen-bond donors (Lipinski definition) is 1. The van der Waals surface area contributed by atoms with Gasteiger partial charge in [-0.15, -0.1) is 5.11 Å². The zero-order chi connectivity index (χ0) is 16.9. The van der Waals surface area contributed by atoms with E-state index in [1.165, 1.54) is 0 Å². The number of allylic oxidation sites excluding steroid dienone is 1. The summed E-state index contributed by atoms with van der Waals surface area (Å²) in [7, 11) is 1.56. The van der Waals surface area contributed by atoms with Crippen LogP contribution in [0.2, 0.25) is 0 Å². The van der Waals surface area contributed by atoms with Crippen molar-refractivity contribution in [2.24, 2.45) is 10.2 Å². The molecule has 120 valence electrons. The fraction of sp³-hybridized carbons (Fsp3) is 0.0556. The van der Waals surface area contributed by atoms with Crippen LogP contribution in [0.1, 0.15) is 10.6 Å². The van der Waals surface area contributed by atoms with Crippen molar-refractivity contribution in [3.63, 3.8) is 0 Å². The van der Waals surface area contributed by atoms with E-state index in [0.29, 0.717) is 23.3 Å². The molecule has 6 heteroatoms. The lowest BCUT2D eigenvalue weighted by Crippen LogP contribution is -1.99. The Bertz CT molecular complexity index is 891. The van der Waals surface area contributed by atoms with Crippen LogP contribution in [0.25, 0.3) is 11.0 Å². The number of para-hydroxylation sites is 1. The van der Waals surface area contributed by atoms with Gasteiger partial charge in [0, 0.05) is 5.39 Å². The number of nitrogens with zero attached hydrogens (tertiary/aromatic N) is 2. The number of benzene rings is 2. The molecule has 3 rings (SSSR count). The summed E-state index contributed by atoms with van der Waals surface area (Å²) in [5.41, 5.74) is 0.891. The summed E-state index contributed by atoms with van der Waals surface area (Å²) >= 11 is 0. The Kier molecular flexibility index (Phi) is 4.38. The Morgan fingerprint density at radius 1 is 1.17 bits per heavy atom. The lowest BCUT2D eigenvalue weighted by atomic mass is 10.2. The average Bonchev–Trinajstić information content (AvgIpc) is 3.06. The number of Topliss-reactive ketones (excluding diaryl/α,β-unsaturated/α-hetero) is 1. The number of azo groups is 1. The van der Waals surface area contributed by atoms with Gasteiger partial charge in [0.2, 0.25) is 0 Å². The topological polar surface area (TPSA) is 84.4 Å². The zero-order valence-corrected chi connectivity index (χ0v) is 12.8. The van der Waals surface area contributed by atoms with Gasteiger partial charge in [-0.1, -0.05) is 18.2 Å². The van der Waals surface area contributed by atoms with Crippen LogP contribution < -0.4 is 4.74 Å². The minimum atomic E-state index is -0.550. The SMILES string of the molecule is COc1ccc(N=N/C(=C/O)C(=O)c2cc3ccccc3o2)cc1.